The summed E-state index contributed by atoms with van der Waals surface area (Å²) in [4.78, 5) is 12.1. The van der Waals surface area contributed by atoms with Crippen molar-refractivity contribution in [3.8, 4) is 5.75 Å². The normalized spacial score (nSPS) is 18.5. The first kappa shape index (κ1) is 18.5. The van der Waals surface area contributed by atoms with Crippen LogP contribution in [0.15, 0.2) is 58.7 Å². The van der Waals surface area contributed by atoms with Crippen molar-refractivity contribution in [3.63, 3.8) is 0 Å². The summed E-state index contributed by atoms with van der Waals surface area (Å²) in [5.74, 6) is 0.770. The van der Waals surface area contributed by atoms with Gasteiger partial charge in [-0.1, -0.05) is 53.7 Å². The summed E-state index contributed by atoms with van der Waals surface area (Å²) in [7, 11) is 0. The molecule has 1 N–H and O–H groups in total. The highest BCUT2D eigenvalue weighted by Gasteiger charge is 2.30. The van der Waals surface area contributed by atoms with Gasteiger partial charge in [-0.25, -0.2) is 0 Å². The van der Waals surface area contributed by atoms with E-state index in [2.05, 4.69) is 15.5 Å². The van der Waals surface area contributed by atoms with Gasteiger partial charge in [-0.2, -0.15) is 5.10 Å². The first-order valence-electron chi connectivity index (χ1n) is 8.20. The van der Waals surface area contributed by atoms with Crippen LogP contribution in [-0.2, 0) is 11.2 Å². The van der Waals surface area contributed by atoms with Crippen LogP contribution in [0.3, 0.4) is 0 Å². The number of nitrogens with one attached hydrogen (secondary N) is 1. The summed E-state index contributed by atoms with van der Waals surface area (Å²) in [6.45, 7) is 2.58. The van der Waals surface area contributed by atoms with Gasteiger partial charge in [0.05, 0.1) is 18.1 Å². The maximum atomic E-state index is 12.1. The lowest BCUT2D eigenvalue weighted by Gasteiger charge is -2.07. The number of thioether (sulfide) groups is 1. The number of benzene rings is 2. The minimum Gasteiger partial charge on any atom is -0.494 e. The molecule has 1 amide bonds. The van der Waals surface area contributed by atoms with Gasteiger partial charge in [0.15, 0.2) is 5.17 Å². The molecule has 1 aliphatic rings. The highest BCUT2D eigenvalue weighted by atomic mass is 35.5. The van der Waals surface area contributed by atoms with Crippen molar-refractivity contribution in [2.45, 2.75) is 18.6 Å². The van der Waals surface area contributed by atoms with Crippen LogP contribution in [0.2, 0.25) is 5.02 Å². The number of ether oxygens (including phenoxy) is 1. The van der Waals surface area contributed by atoms with E-state index in [9.17, 15) is 4.79 Å². The minimum atomic E-state index is -0.220. The largest absolute Gasteiger partial charge is 0.494 e. The number of amides is 1. The van der Waals surface area contributed by atoms with Crippen LogP contribution in [0.25, 0.3) is 0 Å². The first-order chi connectivity index (χ1) is 12.7. The molecule has 26 heavy (non-hydrogen) atoms. The molecular weight excluding hydrogens is 370 g/mol. The Kier molecular flexibility index (Phi) is 6.30. The topological polar surface area (TPSA) is 63.1 Å². The predicted molar refractivity (Wildman–Crippen MR) is 107 cm³/mol. The van der Waals surface area contributed by atoms with E-state index < -0.39 is 0 Å². The average molecular weight is 388 g/mol. The summed E-state index contributed by atoms with van der Waals surface area (Å²) < 4.78 is 5.43. The zero-order valence-electron chi connectivity index (χ0n) is 14.2. The lowest BCUT2D eigenvalue weighted by molar-refractivity contribution is -0.118. The molecule has 2 aromatic carbocycles. The van der Waals surface area contributed by atoms with Gasteiger partial charge in [-0.15, -0.1) is 5.10 Å². The molecule has 0 aromatic heterocycles. The number of carbonyl (C=O) groups excluding carboxylic acids is 1. The lowest BCUT2D eigenvalue weighted by atomic mass is 10.1. The Morgan fingerprint density at radius 1 is 1.23 bits per heavy atom. The fraction of sp³-hybridized carbons (Fsp3) is 0.211. The molecular formula is C19H18ClN3O2S. The molecule has 0 spiro atoms. The molecule has 2 aromatic rings. The van der Waals surface area contributed by atoms with Gasteiger partial charge in [0.1, 0.15) is 5.75 Å². The van der Waals surface area contributed by atoms with Crippen molar-refractivity contribution in [1.29, 1.82) is 0 Å². The maximum Gasteiger partial charge on any atom is 0.239 e. The number of nitrogens with zero attached hydrogens (tertiary/aromatic N) is 2. The Bertz CT molecular complexity index is 837. The molecule has 1 atom stereocenters. The Labute approximate surface area is 161 Å². The smallest absolute Gasteiger partial charge is 0.239 e. The Morgan fingerprint density at radius 3 is 2.73 bits per heavy atom. The maximum absolute atomic E-state index is 12.1. The zero-order chi connectivity index (χ0) is 18.4. The number of amidine groups is 1. The fourth-order valence-electron chi connectivity index (χ4n) is 2.41. The van der Waals surface area contributed by atoms with E-state index in [1.807, 2.05) is 49.4 Å². The van der Waals surface area contributed by atoms with Crippen molar-refractivity contribution in [1.82, 2.24) is 5.32 Å². The highest BCUT2D eigenvalue weighted by Crippen LogP contribution is 2.24. The van der Waals surface area contributed by atoms with Crippen molar-refractivity contribution < 1.29 is 9.53 Å². The summed E-state index contributed by atoms with van der Waals surface area (Å²) in [6.07, 6.45) is 2.19. The second-order valence-electron chi connectivity index (χ2n) is 5.55. The van der Waals surface area contributed by atoms with Crippen LogP contribution >= 0.6 is 23.4 Å². The van der Waals surface area contributed by atoms with E-state index in [1.54, 1.807) is 12.3 Å². The number of carbonyl (C=O) groups is 1. The van der Waals surface area contributed by atoms with Crippen LogP contribution in [0.4, 0.5) is 0 Å². The molecule has 1 fully saturated rings. The Morgan fingerprint density at radius 2 is 2.00 bits per heavy atom. The molecule has 1 saturated heterocycles. The molecule has 1 heterocycles. The van der Waals surface area contributed by atoms with Crippen molar-refractivity contribution in [2.75, 3.05) is 6.61 Å². The van der Waals surface area contributed by atoms with Gasteiger partial charge >= 0.3 is 0 Å². The van der Waals surface area contributed by atoms with Crippen molar-refractivity contribution in [2.24, 2.45) is 10.2 Å². The third-order valence-electron chi connectivity index (χ3n) is 3.68. The van der Waals surface area contributed by atoms with E-state index in [1.165, 1.54) is 11.8 Å². The second-order valence-corrected chi connectivity index (χ2v) is 7.15. The number of hydrogen-bond acceptors (Lipinski definition) is 5. The molecule has 0 saturated carbocycles. The monoisotopic (exact) mass is 387 g/mol. The van der Waals surface area contributed by atoms with Gasteiger partial charge in [0.25, 0.3) is 0 Å². The standard InChI is InChI=1S/C19H18ClN3O2S/c1-2-25-15-9-7-13(8-10-15)11-17-18(24)22-19(26-17)23-21-12-14-5-3-4-6-16(14)20/h3-10,12,17H,2,11H2,1H3,(H,22,23,24)/b21-12-. The second kappa shape index (κ2) is 8.87. The van der Waals surface area contributed by atoms with Gasteiger partial charge in [0, 0.05) is 10.6 Å². The van der Waals surface area contributed by atoms with Crippen molar-refractivity contribution in [3.05, 3.63) is 64.7 Å². The summed E-state index contributed by atoms with van der Waals surface area (Å²) in [5, 5.41) is 11.7. The highest BCUT2D eigenvalue weighted by molar-refractivity contribution is 8.15. The van der Waals surface area contributed by atoms with Crippen LogP contribution < -0.4 is 10.1 Å². The summed E-state index contributed by atoms with van der Waals surface area (Å²) >= 11 is 7.44. The third kappa shape index (κ3) is 4.86. The van der Waals surface area contributed by atoms with E-state index in [0.717, 1.165) is 16.9 Å². The molecule has 7 heteroatoms. The molecule has 0 aliphatic carbocycles. The predicted octanol–water partition coefficient (Wildman–Crippen LogP) is 3.90. The van der Waals surface area contributed by atoms with Gasteiger partial charge in [-0.3, -0.25) is 4.79 Å². The van der Waals surface area contributed by atoms with E-state index in [-0.39, 0.29) is 11.2 Å². The molecule has 134 valence electrons. The fourth-order valence-corrected chi connectivity index (χ4v) is 3.56. The third-order valence-corrected chi connectivity index (χ3v) is 5.10. The zero-order valence-corrected chi connectivity index (χ0v) is 15.8. The molecule has 3 rings (SSSR count). The van der Waals surface area contributed by atoms with E-state index >= 15 is 0 Å². The van der Waals surface area contributed by atoms with E-state index in [4.69, 9.17) is 16.3 Å². The van der Waals surface area contributed by atoms with Crippen LogP contribution in [0.5, 0.6) is 5.75 Å². The molecule has 0 radical (unpaired) electrons. The van der Waals surface area contributed by atoms with Crippen LogP contribution in [0.1, 0.15) is 18.1 Å². The first-order valence-corrected chi connectivity index (χ1v) is 9.46. The number of hydrogen-bond donors (Lipinski definition) is 1. The van der Waals surface area contributed by atoms with Gasteiger partial charge in [-0.05, 0) is 37.1 Å². The molecule has 5 nitrogen and oxygen atoms in total. The van der Waals surface area contributed by atoms with Gasteiger partial charge in [0.2, 0.25) is 5.91 Å². The number of rotatable bonds is 6. The Balaban J connectivity index is 1.60. The molecule has 1 aliphatic heterocycles. The van der Waals surface area contributed by atoms with Crippen LogP contribution in [0, 0.1) is 0 Å². The molecule has 0 bridgehead atoms. The molecule has 1 unspecified atom stereocenters. The quantitative estimate of drug-likeness (QED) is 0.604. The SMILES string of the molecule is CCOc1ccc(CC2S/C(=N/N=C\c3ccccc3Cl)NC2=O)cc1. The summed E-state index contributed by atoms with van der Waals surface area (Å²) in [6, 6.07) is 15.1. The Hall–Kier alpha value is -2.31. The number of halogens is 1. The minimum absolute atomic E-state index is 0.0596. The van der Waals surface area contributed by atoms with Crippen LogP contribution in [-0.4, -0.2) is 29.1 Å². The summed E-state index contributed by atoms with van der Waals surface area (Å²) in [5.41, 5.74) is 1.85. The van der Waals surface area contributed by atoms with Crippen molar-refractivity contribution >= 4 is 40.7 Å². The van der Waals surface area contributed by atoms with E-state index in [0.29, 0.717) is 23.2 Å². The average Bonchev–Trinajstić information content (AvgIpc) is 2.98. The van der Waals surface area contributed by atoms with Gasteiger partial charge < -0.3 is 10.1 Å². The lowest BCUT2D eigenvalue weighted by Crippen LogP contribution is -2.25.